The van der Waals surface area contributed by atoms with E-state index in [1.54, 1.807) is 13.8 Å². The molecule has 0 saturated heterocycles. The van der Waals surface area contributed by atoms with Crippen molar-refractivity contribution in [3.63, 3.8) is 0 Å². The van der Waals surface area contributed by atoms with Gasteiger partial charge in [0.25, 0.3) is 0 Å². The summed E-state index contributed by atoms with van der Waals surface area (Å²) >= 11 is 5.51. The Morgan fingerprint density at radius 2 is 1.80 bits per heavy atom. The van der Waals surface area contributed by atoms with Crippen LogP contribution in [0.15, 0.2) is 29.4 Å². The summed E-state index contributed by atoms with van der Waals surface area (Å²) in [5, 5.41) is 0.311. The zero-order valence-electron chi connectivity index (χ0n) is 8.39. The van der Waals surface area contributed by atoms with Gasteiger partial charge in [0.2, 0.25) is 0 Å². The molecule has 1 rings (SSSR count). The average molecular weight is 230 g/mol. The van der Waals surface area contributed by atoms with Gasteiger partial charge in [-0.05, 0) is 31.6 Å². The number of hydrogen-bond acceptors (Lipinski definition) is 1. The molecule has 1 aromatic carbocycles. The van der Waals surface area contributed by atoms with Crippen LogP contribution >= 0.6 is 11.6 Å². The molecule has 0 atom stereocenters. The lowest BCUT2D eigenvalue weighted by Gasteiger charge is -2.03. The summed E-state index contributed by atoms with van der Waals surface area (Å²) in [6, 6.07) is 3.72. The molecule has 0 aromatic heterocycles. The van der Waals surface area contributed by atoms with E-state index >= 15 is 0 Å². The molecule has 0 saturated carbocycles. The average Bonchev–Trinajstić information content (AvgIpc) is 2.14. The first-order valence-electron chi connectivity index (χ1n) is 4.33. The second-order valence-corrected chi connectivity index (χ2v) is 3.58. The lowest BCUT2D eigenvalue weighted by Crippen LogP contribution is -1.92. The molecule has 0 unspecified atom stereocenters. The summed E-state index contributed by atoms with van der Waals surface area (Å²) < 4.78 is 26.5. The Bertz CT molecular complexity index is 400. The summed E-state index contributed by atoms with van der Waals surface area (Å²) in [7, 11) is 0. The highest BCUT2D eigenvalue weighted by molar-refractivity contribution is 6.64. The van der Waals surface area contributed by atoms with Gasteiger partial charge in [-0.25, -0.2) is 13.8 Å². The fourth-order valence-electron chi connectivity index (χ4n) is 1.12. The van der Waals surface area contributed by atoms with E-state index in [1.807, 2.05) is 0 Å². The molecule has 0 spiro atoms. The molecule has 0 bridgehead atoms. The van der Waals surface area contributed by atoms with Gasteiger partial charge in [0.1, 0.15) is 16.8 Å². The van der Waals surface area contributed by atoms with Crippen molar-refractivity contribution in [2.45, 2.75) is 13.8 Å². The molecular formula is C11H10ClF2N. The van der Waals surface area contributed by atoms with Crippen molar-refractivity contribution in [2.24, 2.45) is 4.99 Å². The molecule has 0 aliphatic carbocycles. The minimum Gasteiger partial charge on any atom is -0.249 e. The summed E-state index contributed by atoms with van der Waals surface area (Å²) in [5.41, 5.74) is 0.324. The van der Waals surface area contributed by atoms with Crippen LogP contribution in [0.5, 0.6) is 0 Å². The maximum Gasteiger partial charge on any atom is 0.133 e. The van der Waals surface area contributed by atoms with Crippen molar-refractivity contribution in [1.82, 2.24) is 0 Å². The first kappa shape index (κ1) is 11.9. The molecule has 15 heavy (non-hydrogen) atoms. The molecule has 0 radical (unpaired) electrons. The van der Waals surface area contributed by atoms with Gasteiger partial charge < -0.3 is 0 Å². The van der Waals surface area contributed by atoms with Crippen LogP contribution in [0.25, 0.3) is 5.57 Å². The molecular weight excluding hydrogens is 220 g/mol. The van der Waals surface area contributed by atoms with Gasteiger partial charge in [0.05, 0.1) is 5.56 Å². The number of aliphatic imine (C=N–C) groups is 1. The molecule has 0 aliphatic heterocycles. The fraction of sp³-hybridized carbons (Fsp3) is 0.182. The molecule has 0 N–H and O–H groups in total. The maximum absolute atomic E-state index is 13.3. The van der Waals surface area contributed by atoms with E-state index in [2.05, 4.69) is 4.99 Å². The van der Waals surface area contributed by atoms with E-state index < -0.39 is 11.6 Å². The highest BCUT2D eigenvalue weighted by atomic mass is 35.5. The van der Waals surface area contributed by atoms with Crippen molar-refractivity contribution in [3.05, 3.63) is 41.6 Å². The Morgan fingerprint density at radius 1 is 1.27 bits per heavy atom. The topological polar surface area (TPSA) is 12.4 Å². The lowest BCUT2D eigenvalue weighted by molar-refractivity contribution is 0.577. The zero-order chi connectivity index (χ0) is 11.4. The van der Waals surface area contributed by atoms with Crippen LogP contribution in [0.2, 0.25) is 0 Å². The molecule has 0 fully saturated rings. The predicted octanol–water partition coefficient (Wildman–Crippen LogP) is 3.98. The highest BCUT2D eigenvalue weighted by Crippen LogP contribution is 2.21. The van der Waals surface area contributed by atoms with Crippen molar-refractivity contribution in [2.75, 3.05) is 0 Å². The van der Waals surface area contributed by atoms with E-state index in [9.17, 15) is 8.78 Å². The van der Waals surface area contributed by atoms with E-state index in [0.29, 0.717) is 10.7 Å². The van der Waals surface area contributed by atoms with Gasteiger partial charge in [-0.15, -0.1) is 0 Å². The maximum atomic E-state index is 13.3. The third kappa shape index (κ3) is 3.13. The zero-order valence-corrected chi connectivity index (χ0v) is 9.15. The first-order chi connectivity index (χ1) is 7.02. The van der Waals surface area contributed by atoms with Gasteiger partial charge >= 0.3 is 0 Å². The smallest absolute Gasteiger partial charge is 0.133 e. The van der Waals surface area contributed by atoms with Gasteiger partial charge in [0.15, 0.2) is 0 Å². The summed E-state index contributed by atoms with van der Waals surface area (Å²) in [6.45, 7) is 3.16. The minimum atomic E-state index is -0.605. The van der Waals surface area contributed by atoms with Crippen molar-refractivity contribution in [3.8, 4) is 0 Å². The predicted molar refractivity (Wildman–Crippen MR) is 59.0 cm³/mol. The van der Waals surface area contributed by atoms with E-state index in [-0.39, 0.29) is 5.56 Å². The molecule has 1 nitrogen and oxygen atoms in total. The number of halogens is 3. The normalized spacial score (nSPS) is 13.1. The molecule has 80 valence electrons. The largest absolute Gasteiger partial charge is 0.249 e. The molecule has 1 aromatic rings. The third-order valence-electron chi connectivity index (χ3n) is 1.79. The summed E-state index contributed by atoms with van der Waals surface area (Å²) in [5.74, 6) is -1.21. The van der Waals surface area contributed by atoms with Crippen LogP contribution in [-0.4, -0.2) is 5.17 Å². The van der Waals surface area contributed by atoms with Gasteiger partial charge in [-0.3, -0.25) is 0 Å². The Kier molecular flexibility index (Phi) is 3.97. The second-order valence-electron chi connectivity index (χ2n) is 3.03. The van der Waals surface area contributed by atoms with Crippen molar-refractivity contribution < 1.29 is 8.78 Å². The standard InChI is InChI=1S/C11H10ClF2N/c1-7(6-15-8(2)12)11-9(13)4-3-5-10(11)14/h3-6H,1-2H3/b7-6+,15-8+. The Balaban J connectivity index is 3.16. The Hall–Kier alpha value is -1.22. The minimum absolute atomic E-state index is 0.0702. The van der Waals surface area contributed by atoms with E-state index in [4.69, 9.17) is 11.6 Å². The molecule has 0 amide bonds. The van der Waals surface area contributed by atoms with Crippen LogP contribution in [0, 0.1) is 11.6 Å². The monoisotopic (exact) mass is 229 g/mol. The first-order valence-corrected chi connectivity index (χ1v) is 4.71. The van der Waals surface area contributed by atoms with E-state index in [1.165, 1.54) is 24.4 Å². The highest BCUT2D eigenvalue weighted by Gasteiger charge is 2.09. The number of rotatable bonds is 2. The number of allylic oxidation sites excluding steroid dienone is 1. The molecule has 4 heteroatoms. The van der Waals surface area contributed by atoms with Gasteiger partial charge in [-0.1, -0.05) is 17.7 Å². The Labute approximate surface area is 92.1 Å². The molecule has 0 aliphatic rings. The Morgan fingerprint density at radius 3 is 2.27 bits per heavy atom. The number of hydrogen-bond donors (Lipinski definition) is 0. The van der Waals surface area contributed by atoms with Crippen molar-refractivity contribution in [1.29, 1.82) is 0 Å². The van der Waals surface area contributed by atoms with Crippen LogP contribution in [-0.2, 0) is 0 Å². The fourth-order valence-corrected chi connectivity index (χ4v) is 1.17. The lowest BCUT2D eigenvalue weighted by atomic mass is 10.1. The van der Waals surface area contributed by atoms with Gasteiger partial charge in [-0.2, -0.15) is 0 Å². The summed E-state index contributed by atoms with van der Waals surface area (Å²) in [6.07, 6.45) is 1.34. The van der Waals surface area contributed by atoms with Crippen molar-refractivity contribution >= 4 is 22.3 Å². The second kappa shape index (κ2) is 5.03. The summed E-state index contributed by atoms with van der Waals surface area (Å²) in [4.78, 5) is 3.77. The molecule has 0 heterocycles. The number of nitrogens with zero attached hydrogens (tertiary/aromatic N) is 1. The van der Waals surface area contributed by atoms with Crippen LogP contribution in [0.3, 0.4) is 0 Å². The van der Waals surface area contributed by atoms with Crippen LogP contribution in [0.1, 0.15) is 19.4 Å². The quantitative estimate of drug-likeness (QED) is 0.680. The van der Waals surface area contributed by atoms with E-state index in [0.717, 1.165) is 0 Å². The van der Waals surface area contributed by atoms with Crippen LogP contribution in [0.4, 0.5) is 8.78 Å². The SMILES string of the molecule is C/C(=C\N=C(/C)Cl)c1c(F)cccc1F. The number of benzene rings is 1. The third-order valence-corrected chi connectivity index (χ3v) is 1.89. The van der Waals surface area contributed by atoms with Gasteiger partial charge in [0, 0.05) is 6.20 Å². The van der Waals surface area contributed by atoms with Crippen LogP contribution < -0.4 is 0 Å².